The number of carbonyl (C=O) groups is 1. The van der Waals surface area contributed by atoms with E-state index >= 15 is 0 Å². The van der Waals surface area contributed by atoms with E-state index in [1.54, 1.807) is 0 Å². The zero-order valence-electron chi connectivity index (χ0n) is 16.0. The Balaban J connectivity index is 1.50. The van der Waals surface area contributed by atoms with E-state index < -0.39 is 5.97 Å². The lowest BCUT2D eigenvalue weighted by Crippen LogP contribution is -2.36. The maximum atomic E-state index is 10.8. The van der Waals surface area contributed by atoms with Crippen molar-refractivity contribution in [2.75, 3.05) is 19.7 Å². The summed E-state index contributed by atoms with van der Waals surface area (Å²) in [7, 11) is 0. The van der Waals surface area contributed by atoms with Gasteiger partial charge in [-0.2, -0.15) is 0 Å². The first kappa shape index (κ1) is 20.1. The minimum Gasteiger partial charge on any atom is -0.492 e. The second-order valence-corrected chi connectivity index (χ2v) is 7.64. The van der Waals surface area contributed by atoms with Gasteiger partial charge < -0.3 is 14.6 Å². The SMILES string of the molecule is CC(C)N(CCOc1ccc(Oc2nc3ccccc3s2)cc1)CCC(=O)O. The highest BCUT2D eigenvalue weighted by atomic mass is 32.1. The summed E-state index contributed by atoms with van der Waals surface area (Å²) in [6, 6.07) is 15.6. The molecule has 1 N–H and O–H groups in total. The van der Waals surface area contributed by atoms with Crippen molar-refractivity contribution in [1.82, 2.24) is 9.88 Å². The summed E-state index contributed by atoms with van der Waals surface area (Å²) in [6.45, 7) is 5.79. The van der Waals surface area contributed by atoms with Crippen molar-refractivity contribution in [2.24, 2.45) is 0 Å². The van der Waals surface area contributed by atoms with Crippen LogP contribution >= 0.6 is 11.3 Å². The largest absolute Gasteiger partial charge is 0.492 e. The van der Waals surface area contributed by atoms with Crippen LogP contribution < -0.4 is 9.47 Å². The number of aliphatic carboxylic acids is 1. The number of benzene rings is 2. The average Bonchev–Trinajstić information content (AvgIpc) is 3.07. The number of rotatable bonds is 10. The Labute approximate surface area is 168 Å². The summed E-state index contributed by atoms with van der Waals surface area (Å²) in [5.74, 6) is 0.672. The Morgan fingerprint density at radius 3 is 2.50 bits per heavy atom. The van der Waals surface area contributed by atoms with Crippen LogP contribution in [0.1, 0.15) is 20.3 Å². The molecule has 0 fully saturated rings. The molecule has 0 aliphatic carbocycles. The molecule has 0 saturated heterocycles. The fourth-order valence-electron chi connectivity index (χ4n) is 2.75. The monoisotopic (exact) mass is 400 g/mol. The van der Waals surface area contributed by atoms with E-state index in [4.69, 9.17) is 14.6 Å². The molecule has 3 aromatic rings. The molecule has 0 atom stereocenters. The molecule has 6 nitrogen and oxygen atoms in total. The Kier molecular flexibility index (Phi) is 6.84. The molecule has 0 bridgehead atoms. The van der Waals surface area contributed by atoms with Crippen molar-refractivity contribution in [1.29, 1.82) is 0 Å². The first-order valence-electron chi connectivity index (χ1n) is 9.23. The molecular formula is C21H24N2O4S. The van der Waals surface area contributed by atoms with Gasteiger partial charge in [0.2, 0.25) is 0 Å². The molecule has 0 amide bonds. The van der Waals surface area contributed by atoms with Crippen LogP contribution in [-0.4, -0.2) is 46.7 Å². The number of carboxylic acids is 1. The minimum atomic E-state index is -0.782. The first-order valence-corrected chi connectivity index (χ1v) is 10.0. The predicted octanol–water partition coefficient (Wildman–Crippen LogP) is 4.65. The predicted molar refractivity (Wildman–Crippen MR) is 111 cm³/mol. The van der Waals surface area contributed by atoms with Crippen LogP contribution in [0.25, 0.3) is 10.2 Å². The first-order chi connectivity index (χ1) is 13.5. The van der Waals surface area contributed by atoms with Crippen molar-refractivity contribution < 1.29 is 19.4 Å². The summed E-state index contributed by atoms with van der Waals surface area (Å²) < 4.78 is 12.7. The molecule has 0 unspecified atom stereocenters. The lowest BCUT2D eigenvalue weighted by Gasteiger charge is -2.25. The van der Waals surface area contributed by atoms with Gasteiger partial charge in [-0.3, -0.25) is 9.69 Å². The van der Waals surface area contributed by atoms with Crippen LogP contribution in [0.3, 0.4) is 0 Å². The zero-order chi connectivity index (χ0) is 19.9. The maximum absolute atomic E-state index is 10.8. The van der Waals surface area contributed by atoms with E-state index in [0.29, 0.717) is 30.6 Å². The van der Waals surface area contributed by atoms with Crippen molar-refractivity contribution in [3.63, 3.8) is 0 Å². The third-order valence-corrected chi connectivity index (χ3v) is 5.21. The molecule has 1 heterocycles. The van der Waals surface area contributed by atoms with Gasteiger partial charge in [0.25, 0.3) is 5.19 Å². The van der Waals surface area contributed by atoms with Gasteiger partial charge in [-0.15, -0.1) is 0 Å². The maximum Gasteiger partial charge on any atom is 0.304 e. The van der Waals surface area contributed by atoms with Crippen molar-refractivity contribution in [3.8, 4) is 16.7 Å². The molecule has 2 aromatic carbocycles. The van der Waals surface area contributed by atoms with Gasteiger partial charge in [-0.25, -0.2) is 4.98 Å². The molecule has 0 aliphatic rings. The van der Waals surface area contributed by atoms with E-state index in [2.05, 4.69) is 23.7 Å². The van der Waals surface area contributed by atoms with E-state index in [9.17, 15) is 4.79 Å². The topological polar surface area (TPSA) is 71.9 Å². The van der Waals surface area contributed by atoms with Crippen LogP contribution in [0.5, 0.6) is 16.7 Å². The van der Waals surface area contributed by atoms with Crippen LogP contribution in [0, 0.1) is 0 Å². The Morgan fingerprint density at radius 1 is 1.11 bits per heavy atom. The summed E-state index contributed by atoms with van der Waals surface area (Å²) in [4.78, 5) is 17.3. The van der Waals surface area contributed by atoms with Gasteiger partial charge in [0.15, 0.2) is 0 Å². The number of carboxylic acid groups (broad SMARTS) is 1. The molecule has 7 heteroatoms. The molecule has 148 valence electrons. The second kappa shape index (κ2) is 9.52. The van der Waals surface area contributed by atoms with Gasteiger partial charge in [0.1, 0.15) is 18.1 Å². The Morgan fingerprint density at radius 2 is 1.82 bits per heavy atom. The number of hydrogen-bond acceptors (Lipinski definition) is 6. The summed E-state index contributed by atoms with van der Waals surface area (Å²) in [6.07, 6.45) is 0.135. The Bertz CT molecular complexity index is 875. The summed E-state index contributed by atoms with van der Waals surface area (Å²) in [5, 5.41) is 9.46. The molecule has 28 heavy (non-hydrogen) atoms. The van der Waals surface area contributed by atoms with Gasteiger partial charge in [-0.05, 0) is 50.2 Å². The number of ether oxygens (including phenoxy) is 2. The molecule has 0 aliphatic heterocycles. The molecule has 0 radical (unpaired) electrons. The third-order valence-electron chi connectivity index (χ3n) is 4.29. The van der Waals surface area contributed by atoms with Crippen LogP contribution in [-0.2, 0) is 4.79 Å². The zero-order valence-corrected chi connectivity index (χ0v) is 16.8. The van der Waals surface area contributed by atoms with E-state index in [1.165, 1.54) is 11.3 Å². The average molecular weight is 401 g/mol. The van der Waals surface area contributed by atoms with E-state index in [0.717, 1.165) is 16.0 Å². The molecule has 3 rings (SSSR count). The number of hydrogen-bond donors (Lipinski definition) is 1. The Hall–Kier alpha value is -2.64. The number of para-hydroxylation sites is 1. The second-order valence-electron chi connectivity index (χ2n) is 6.64. The van der Waals surface area contributed by atoms with Crippen molar-refractivity contribution in [2.45, 2.75) is 26.3 Å². The van der Waals surface area contributed by atoms with Crippen molar-refractivity contribution in [3.05, 3.63) is 48.5 Å². The van der Waals surface area contributed by atoms with Crippen molar-refractivity contribution >= 4 is 27.5 Å². The summed E-state index contributed by atoms with van der Waals surface area (Å²) in [5.41, 5.74) is 0.931. The van der Waals surface area contributed by atoms with Gasteiger partial charge in [-0.1, -0.05) is 23.5 Å². The molecule has 0 spiro atoms. The van der Waals surface area contributed by atoms with Gasteiger partial charge in [0.05, 0.1) is 16.6 Å². The summed E-state index contributed by atoms with van der Waals surface area (Å²) >= 11 is 1.51. The molecule has 1 aromatic heterocycles. The third kappa shape index (κ3) is 5.68. The molecular weight excluding hydrogens is 376 g/mol. The fraction of sp³-hybridized carbons (Fsp3) is 0.333. The van der Waals surface area contributed by atoms with E-state index in [1.807, 2.05) is 48.5 Å². The van der Waals surface area contributed by atoms with Gasteiger partial charge in [0, 0.05) is 19.1 Å². The lowest BCUT2D eigenvalue weighted by molar-refractivity contribution is -0.137. The number of fused-ring (bicyclic) bond motifs is 1. The van der Waals surface area contributed by atoms with Crippen LogP contribution in [0.2, 0.25) is 0 Å². The van der Waals surface area contributed by atoms with Crippen LogP contribution in [0.15, 0.2) is 48.5 Å². The number of aromatic nitrogens is 1. The van der Waals surface area contributed by atoms with E-state index in [-0.39, 0.29) is 12.5 Å². The highest BCUT2D eigenvalue weighted by Gasteiger charge is 2.11. The minimum absolute atomic E-state index is 0.135. The van der Waals surface area contributed by atoms with Gasteiger partial charge >= 0.3 is 5.97 Å². The quantitative estimate of drug-likeness (QED) is 0.534. The highest BCUT2D eigenvalue weighted by molar-refractivity contribution is 7.20. The smallest absolute Gasteiger partial charge is 0.304 e. The number of thiazole rings is 1. The standard InChI is InChI=1S/C21H24N2O4S/c1-15(2)23(12-11-20(24)25)13-14-26-16-7-9-17(10-8-16)27-21-22-18-5-3-4-6-19(18)28-21/h3-10,15H,11-14H2,1-2H3,(H,24,25). The number of nitrogens with zero attached hydrogens (tertiary/aromatic N) is 2. The lowest BCUT2D eigenvalue weighted by atomic mass is 10.3. The normalized spacial score (nSPS) is 11.3. The van der Waals surface area contributed by atoms with Crippen LogP contribution in [0.4, 0.5) is 0 Å². The molecule has 0 saturated carbocycles. The fourth-order valence-corrected chi connectivity index (χ4v) is 3.58. The highest BCUT2D eigenvalue weighted by Crippen LogP contribution is 2.31.